The first-order chi connectivity index (χ1) is 13.6. The molecule has 1 amide bonds. The summed E-state index contributed by atoms with van der Waals surface area (Å²) in [5, 5.41) is 7.59. The number of hydrogen-bond donors (Lipinski definition) is 1. The van der Waals surface area contributed by atoms with Crippen LogP contribution in [-0.2, 0) is 4.74 Å². The number of ether oxygens (including phenoxy) is 1. The molecular formula is C22H22FN3O2. The predicted octanol–water partition coefficient (Wildman–Crippen LogP) is 3.90. The summed E-state index contributed by atoms with van der Waals surface area (Å²) in [4.78, 5) is 12.9. The van der Waals surface area contributed by atoms with Crippen molar-refractivity contribution in [1.29, 1.82) is 0 Å². The van der Waals surface area contributed by atoms with E-state index in [-0.39, 0.29) is 17.8 Å². The van der Waals surface area contributed by atoms with Crippen molar-refractivity contribution in [3.05, 3.63) is 71.7 Å². The molecule has 0 radical (unpaired) electrons. The van der Waals surface area contributed by atoms with Crippen LogP contribution in [0.5, 0.6) is 0 Å². The van der Waals surface area contributed by atoms with Gasteiger partial charge in [-0.1, -0.05) is 23.8 Å². The minimum absolute atomic E-state index is 0.0681. The SMILES string of the molecule is Cc1cccc(-c2nn(-c3ccc(F)cc3)cc2C(=O)NCC2CCCO2)c1. The van der Waals surface area contributed by atoms with Crippen molar-refractivity contribution in [2.75, 3.05) is 13.2 Å². The molecule has 4 rings (SSSR count). The molecule has 5 nitrogen and oxygen atoms in total. The molecule has 1 fully saturated rings. The van der Waals surface area contributed by atoms with Gasteiger partial charge >= 0.3 is 0 Å². The normalized spacial score (nSPS) is 16.3. The van der Waals surface area contributed by atoms with E-state index >= 15 is 0 Å². The maximum absolute atomic E-state index is 13.3. The van der Waals surface area contributed by atoms with E-state index in [1.807, 2.05) is 31.2 Å². The Morgan fingerprint density at radius 3 is 2.82 bits per heavy atom. The summed E-state index contributed by atoms with van der Waals surface area (Å²) < 4.78 is 20.5. The summed E-state index contributed by atoms with van der Waals surface area (Å²) in [5.74, 6) is -0.510. The third kappa shape index (κ3) is 3.97. The maximum Gasteiger partial charge on any atom is 0.255 e. The summed E-state index contributed by atoms with van der Waals surface area (Å²) in [6.45, 7) is 3.23. The van der Waals surface area contributed by atoms with Crippen LogP contribution in [-0.4, -0.2) is 34.9 Å². The van der Waals surface area contributed by atoms with E-state index in [2.05, 4.69) is 10.4 Å². The van der Waals surface area contributed by atoms with Crippen LogP contribution in [0.25, 0.3) is 16.9 Å². The molecule has 2 aromatic carbocycles. The third-order valence-electron chi connectivity index (χ3n) is 4.86. The number of halogens is 1. The lowest BCUT2D eigenvalue weighted by molar-refractivity contribution is 0.0858. The number of benzene rings is 2. The fraction of sp³-hybridized carbons (Fsp3) is 0.273. The lowest BCUT2D eigenvalue weighted by Crippen LogP contribution is -2.31. The van der Waals surface area contributed by atoms with Gasteiger partial charge in [0, 0.05) is 24.9 Å². The van der Waals surface area contributed by atoms with Crippen molar-refractivity contribution in [1.82, 2.24) is 15.1 Å². The quantitative estimate of drug-likeness (QED) is 0.732. The molecule has 1 N–H and O–H groups in total. The van der Waals surface area contributed by atoms with Crippen molar-refractivity contribution in [3.63, 3.8) is 0 Å². The summed E-state index contributed by atoms with van der Waals surface area (Å²) >= 11 is 0. The standard InChI is InChI=1S/C22H22FN3O2/c1-15-4-2-5-16(12-15)21-20(22(27)24-13-19-6-3-11-28-19)14-26(25-21)18-9-7-17(23)8-10-18/h2,4-5,7-10,12,14,19H,3,6,11,13H2,1H3,(H,24,27). The number of amides is 1. The Kier molecular flexibility index (Phi) is 5.21. The molecule has 1 aliphatic heterocycles. The molecule has 0 bridgehead atoms. The van der Waals surface area contributed by atoms with Crippen molar-refractivity contribution < 1.29 is 13.9 Å². The van der Waals surface area contributed by atoms with Crippen LogP contribution in [0, 0.1) is 12.7 Å². The van der Waals surface area contributed by atoms with Gasteiger partial charge < -0.3 is 10.1 Å². The van der Waals surface area contributed by atoms with Gasteiger partial charge in [-0.05, 0) is 50.1 Å². The Morgan fingerprint density at radius 2 is 2.11 bits per heavy atom. The molecule has 6 heteroatoms. The molecular weight excluding hydrogens is 357 g/mol. The Labute approximate surface area is 163 Å². The number of carbonyl (C=O) groups excluding carboxylic acids is 1. The first-order valence-electron chi connectivity index (χ1n) is 9.42. The van der Waals surface area contributed by atoms with Crippen LogP contribution in [0.15, 0.2) is 54.7 Å². The van der Waals surface area contributed by atoms with Crippen molar-refractivity contribution in [2.24, 2.45) is 0 Å². The fourth-order valence-corrected chi connectivity index (χ4v) is 3.38. The molecule has 1 aromatic heterocycles. The highest BCUT2D eigenvalue weighted by Crippen LogP contribution is 2.25. The first-order valence-corrected chi connectivity index (χ1v) is 9.42. The van der Waals surface area contributed by atoms with Crippen LogP contribution in [0.1, 0.15) is 28.8 Å². The van der Waals surface area contributed by atoms with Gasteiger partial charge in [0.1, 0.15) is 11.5 Å². The minimum Gasteiger partial charge on any atom is -0.376 e. The molecule has 1 unspecified atom stereocenters. The average Bonchev–Trinajstić information content (AvgIpc) is 3.37. The number of nitrogens with one attached hydrogen (secondary N) is 1. The summed E-state index contributed by atoms with van der Waals surface area (Å²) in [5.41, 5.74) is 3.71. The zero-order valence-electron chi connectivity index (χ0n) is 15.7. The Morgan fingerprint density at radius 1 is 1.29 bits per heavy atom. The summed E-state index contributed by atoms with van der Waals surface area (Å²) in [6, 6.07) is 13.9. The molecule has 1 aliphatic rings. The molecule has 0 spiro atoms. The predicted molar refractivity (Wildman–Crippen MR) is 105 cm³/mol. The summed E-state index contributed by atoms with van der Waals surface area (Å²) in [6.07, 6.45) is 3.74. The largest absolute Gasteiger partial charge is 0.376 e. The number of carbonyl (C=O) groups is 1. The lowest BCUT2D eigenvalue weighted by Gasteiger charge is -2.10. The molecule has 1 atom stereocenters. The van der Waals surface area contributed by atoms with E-state index in [4.69, 9.17) is 4.74 Å². The number of nitrogens with zero attached hydrogens (tertiary/aromatic N) is 2. The van der Waals surface area contributed by atoms with Gasteiger partial charge in [-0.25, -0.2) is 9.07 Å². The Bertz CT molecular complexity index is 976. The summed E-state index contributed by atoms with van der Waals surface area (Å²) in [7, 11) is 0. The van der Waals surface area contributed by atoms with Crippen molar-refractivity contribution in [2.45, 2.75) is 25.9 Å². The van der Waals surface area contributed by atoms with Crippen LogP contribution in [0.2, 0.25) is 0 Å². The number of hydrogen-bond acceptors (Lipinski definition) is 3. The zero-order valence-corrected chi connectivity index (χ0v) is 15.7. The van der Waals surface area contributed by atoms with Gasteiger partial charge in [0.2, 0.25) is 0 Å². The second kappa shape index (κ2) is 7.94. The van der Waals surface area contributed by atoms with Gasteiger partial charge in [0.15, 0.2) is 0 Å². The first kappa shape index (κ1) is 18.4. The van der Waals surface area contributed by atoms with Gasteiger partial charge in [0.25, 0.3) is 5.91 Å². The molecule has 0 saturated carbocycles. The van der Waals surface area contributed by atoms with Gasteiger partial charge in [0.05, 0.1) is 17.4 Å². The third-order valence-corrected chi connectivity index (χ3v) is 4.86. The molecule has 3 aromatic rings. The van der Waals surface area contributed by atoms with E-state index in [1.165, 1.54) is 12.1 Å². The van der Waals surface area contributed by atoms with Gasteiger partial charge in [-0.3, -0.25) is 4.79 Å². The van der Waals surface area contributed by atoms with Gasteiger partial charge in [-0.15, -0.1) is 0 Å². The molecule has 1 saturated heterocycles. The molecule has 28 heavy (non-hydrogen) atoms. The smallest absolute Gasteiger partial charge is 0.255 e. The second-order valence-electron chi connectivity index (χ2n) is 7.03. The van der Waals surface area contributed by atoms with E-state index < -0.39 is 0 Å². The monoisotopic (exact) mass is 379 g/mol. The average molecular weight is 379 g/mol. The topological polar surface area (TPSA) is 56.2 Å². The van der Waals surface area contributed by atoms with E-state index in [9.17, 15) is 9.18 Å². The maximum atomic E-state index is 13.3. The fourth-order valence-electron chi connectivity index (χ4n) is 3.38. The van der Waals surface area contributed by atoms with Gasteiger partial charge in [-0.2, -0.15) is 5.10 Å². The highest BCUT2D eigenvalue weighted by Gasteiger charge is 2.21. The van der Waals surface area contributed by atoms with Crippen molar-refractivity contribution in [3.8, 4) is 16.9 Å². The van der Waals surface area contributed by atoms with Crippen LogP contribution in [0.3, 0.4) is 0 Å². The van der Waals surface area contributed by atoms with E-state index in [0.717, 1.165) is 30.6 Å². The zero-order chi connectivity index (χ0) is 19.5. The van der Waals surface area contributed by atoms with Crippen LogP contribution >= 0.6 is 0 Å². The molecule has 0 aliphatic carbocycles. The van der Waals surface area contributed by atoms with E-state index in [1.54, 1.807) is 23.0 Å². The highest BCUT2D eigenvalue weighted by atomic mass is 19.1. The van der Waals surface area contributed by atoms with Crippen LogP contribution < -0.4 is 5.32 Å². The molecule has 144 valence electrons. The number of aryl methyl sites for hydroxylation is 1. The minimum atomic E-state index is -0.315. The van der Waals surface area contributed by atoms with Crippen LogP contribution in [0.4, 0.5) is 4.39 Å². The van der Waals surface area contributed by atoms with E-state index in [0.29, 0.717) is 23.5 Å². The molecule has 2 heterocycles. The number of aromatic nitrogens is 2. The lowest BCUT2D eigenvalue weighted by atomic mass is 10.1. The Balaban J connectivity index is 1.67. The van der Waals surface area contributed by atoms with Crippen molar-refractivity contribution >= 4 is 5.91 Å². The Hall–Kier alpha value is -2.99. The highest BCUT2D eigenvalue weighted by molar-refractivity contribution is 6.00. The second-order valence-corrected chi connectivity index (χ2v) is 7.03. The number of rotatable bonds is 5.